The number of hydrogen-bond donors (Lipinski definition) is 2. The van der Waals surface area contributed by atoms with E-state index in [-0.39, 0.29) is 24.1 Å². The Morgan fingerprint density at radius 2 is 1.60 bits per heavy atom. The van der Waals surface area contributed by atoms with E-state index < -0.39 is 6.04 Å². The normalized spacial score (nSPS) is 23.7. The number of amides is 3. The van der Waals surface area contributed by atoms with Crippen LogP contribution in [0.5, 0.6) is 5.75 Å². The standard InChI is InChI=1S/C34H45N7O4/c1-3-22-17-27(35)31(45-2)18-30(22)39-11-9-23(10-12-39)37-13-15-38(16-14-37)24-19-40(20-24)28-6-4-5-25-26(28)21-41(34(25)44)29-7-8-32(42)36-33(29)43/h4-6,17-18,23-24,29H,3,7-16,19-21,35H2,1-2H3,(H,36,42,43). The fraction of sp³-hybridized carbons (Fsp3) is 0.559. The Kier molecular flexibility index (Phi) is 8.07. The lowest BCUT2D eigenvalue weighted by Crippen LogP contribution is -2.64. The quantitative estimate of drug-likeness (QED) is 0.357. The van der Waals surface area contributed by atoms with Gasteiger partial charge in [-0.25, -0.2) is 0 Å². The summed E-state index contributed by atoms with van der Waals surface area (Å²) in [5.41, 5.74) is 12.2. The molecule has 0 saturated carbocycles. The van der Waals surface area contributed by atoms with Gasteiger partial charge in [0.2, 0.25) is 11.8 Å². The lowest BCUT2D eigenvalue weighted by atomic mass is 9.98. The van der Waals surface area contributed by atoms with Crippen LogP contribution in [-0.4, -0.2) is 110 Å². The van der Waals surface area contributed by atoms with Gasteiger partial charge >= 0.3 is 0 Å². The highest BCUT2D eigenvalue weighted by atomic mass is 16.5. The van der Waals surface area contributed by atoms with Gasteiger partial charge in [0, 0.05) is 106 Å². The van der Waals surface area contributed by atoms with E-state index in [0.717, 1.165) is 75.8 Å². The summed E-state index contributed by atoms with van der Waals surface area (Å²) >= 11 is 0. The van der Waals surface area contributed by atoms with Crippen molar-refractivity contribution in [3.05, 3.63) is 47.0 Å². The van der Waals surface area contributed by atoms with Crippen molar-refractivity contribution in [2.75, 3.05) is 75.0 Å². The summed E-state index contributed by atoms with van der Waals surface area (Å²) in [6, 6.07) is 10.7. The summed E-state index contributed by atoms with van der Waals surface area (Å²) in [7, 11) is 1.68. The van der Waals surface area contributed by atoms with Crippen LogP contribution in [0.4, 0.5) is 17.1 Å². The Labute approximate surface area is 265 Å². The first-order chi connectivity index (χ1) is 21.8. The highest BCUT2D eigenvalue weighted by Crippen LogP contribution is 2.37. The van der Waals surface area contributed by atoms with Gasteiger partial charge in [0.15, 0.2) is 0 Å². The van der Waals surface area contributed by atoms with E-state index >= 15 is 0 Å². The molecule has 0 aromatic heterocycles. The molecule has 0 radical (unpaired) electrons. The molecule has 11 nitrogen and oxygen atoms in total. The number of ether oxygens (including phenoxy) is 1. The Morgan fingerprint density at radius 1 is 0.889 bits per heavy atom. The Hall–Kier alpha value is -3.83. The molecule has 3 N–H and O–H groups in total. The van der Waals surface area contributed by atoms with Crippen LogP contribution in [0, 0.1) is 0 Å². The van der Waals surface area contributed by atoms with Crippen molar-refractivity contribution in [2.45, 2.75) is 63.7 Å². The van der Waals surface area contributed by atoms with E-state index in [1.807, 2.05) is 12.1 Å². The molecule has 0 bridgehead atoms. The molecule has 4 saturated heterocycles. The second kappa shape index (κ2) is 12.2. The van der Waals surface area contributed by atoms with Crippen molar-refractivity contribution >= 4 is 34.8 Å². The number of nitrogens with one attached hydrogen (secondary N) is 1. The minimum Gasteiger partial charge on any atom is -0.495 e. The highest BCUT2D eigenvalue weighted by Gasteiger charge is 2.42. The number of imide groups is 1. The van der Waals surface area contributed by atoms with E-state index in [4.69, 9.17) is 10.5 Å². The summed E-state index contributed by atoms with van der Waals surface area (Å²) in [6.07, 6.45) is 3.94. The van der Waals surface area contributed by atoms with Gasteiger partial charge in [-0.15, -0.1) is 0 Å². The number of benzene rings is 2. The second-order valence-corrected chi connectivity index (χ2v) is 13.1. The molecular formula is C34H45N7O4. The van der Waals surface area contributed by atoms with E-state index in [1.165, 1.54) is 24.1 Å². The number of aryl methyl sites for hydroxylation is 1. The second-order valence-electron chi connectivity index (χ2n) is 13.1. The largest absolute Gasteiger partial charge is 0.495 e. The van der Waals surface area contributed by atoms with Crippen molar-refractivity contribution in [3.8, 4) is 5.75 Å². The predicted octanol–water partition coefficient (Wildman–Crippen LogP) is 2.08. The molecule has 45 heavy (non-hydrogen) atoms. The van der Waals surface area contributed by atoms with Crippen LogP contribution in [0.15, 0.2) is 30.3 Å². The number of nitrogen functional groups attached to an aromatic ring is 1. The van der Waals surface area contributed by atoms with Crippen LogP contribution in [0.3, 0.4) is 0 Å². The van der Waals surface area contributed by atoms with Crippen molar-refractivity contribution in [1.82, 2.24) is 20.0 Å². The third-order valence-electron chi connectivity index (χ3n) is 10.8. The number of nitrogens with zero attached hydrogens (tertiary/aromatic N) is 5. The molecule has 2 aromatic carbocycles. The number of fused-ring (bicyclic) bond motifs is 1. The Bertz CT molecular complexity index is 1480. The molecule has 4 fully saturated rings. The third kappa shape index (κ3) is 5.50. The summed E-state index contributed by atoms with van der Waals surface area (Å²) in [5, 5.41) is 2.40. The number of methoxy groups -OCH3 is 1. The van der Waals surface area contributed by atoms with Gasteiger partial charge in [-0.05, 0) is 49.4 Å². The molecule has 7 rings (SSSR count). The van der Waals surface area contributed by atoms with Gasteiger partial charge in [0.05, 0.1) is 12.8 Å². The maximum absolute atomic E-state index is 13.3. The lowest BCUT2D eigenvalue weighted by Gasteiger charge is -2.51. The fourth-order valence-electron chi connectivity index (χ4n) is 8.08. The SMILES string of the molecule is CCc1cc(N)c(OC)cc1N1CCC(N2CCN(C3CN(c4cccc5c4CN(C4CCC(=O)NC4=O)C5=O)C3)CC2)CC1. The molecule has 2 aromatic rings. The molecule has 0 aliphatic carbocycles. The van der Waals surface area contributed by atoms with Gasteiger partial charge in [-0.2, -0.15) is 0 Å². The molecule has 3 amide bonds. The molecule has 1 unspecified atom stereocenters. The maximum atomic E-state index is 13.3. The van der Waals surface area contributed by atoms with Crippen LogP contribution in [0.25, 0.3) is 0 Å². The first-order valence-corrected chi connectivity index (χ1v) is 16.6. The molecule has 5 aliphatic heterocycles. The van der Waals surface area contributed by atoms with E-state index in [9.17, 15) is 14.4 Å². The van der Waals surface area contributed by atoms with E-state index in [2.05, 4.69) is 50.0 Å². The van der Waals surface area contributed by atoms with Gasteiger partial charge in [-0.1, -0.05) is 13.0 Å². The third-order valence-corrected chi connectivity index (χ3v) is 10.8. The number of piperazine rings is 1. The number of carbonyl (C=O) groups excluding carboxylic acids is 3. The van der Waals surface area contributed by atoms with Gasteiger partial charge < -0.3 is 25.2 Å². The fourth-order valence-corrected chi connectivity index (χ4v) is 8.08. The summed E-state index contributed by atoms with van der Waals surface area (Å²) in [5.74, 6) is 0.0182. The zero-order valence-electron chi connectivity index (χ0n) is 26.5. The minimum absolute atomic E-state index is 0.112. The highest BCUT2D eigenvalue weighted by molar-refractivity contribution is 6.06. The van der Waals surface area contributed by atoms with Gasteiger partial charge in [0.25, 0.3) is 5.91 Å². The average molecular weight is 616 g/mol. The van der Waals surface area contributed by atoms with Crippen molar-refractivity contribution in [1.29, 1.82) is 0 Å². The molecule has 5 aliphatic rings. The summed E-state index contributed by atoms with van der Waals surface area (Å²) < 4.78 is 5.52. The van der Waals surface area contributed by atoms with Crippen LogP contribution < -0.4 is 25.6 Å². The van der Waals surface area contributed by atoms with Crippen molar-refractivity contribution < 1.29 is 19.1 Å². The lowest BCUT2D eigenvalue weighted by molar-refractivity contribution is -0.136. The average Bonchev–Trinajstić information content (AvgIpc) is 3.37. The monoisotopic (exact) mass is 615 g/mol. The van der Waals surface area contributed by atoms with E-state index in [0.29, 0.717) is 36.3 Å². The molecular weight excluding hydrogens is 570 g/mol. The summed E-state index contributed by atoms with van der Waals surface area (Å²) in [4.78, 5) is 49.2. The number of carbonyl (C=O) groups is 3. The number of anilines is 3. The first kappa shape index (κ1) is 29.9. The van der Waals surface area contributed by atoms with Crippen LogP contribution in [-0.2, 0) is 22.6 Å². The first-order valence-electron chi connectivity index (χ1n) is 16.6. The van der Waals surface area contributed by atoms with Crippen molar-refractivity contribution in [3.63, 3.8) is 0 Å². The number of nitrogens with two attached hydrogens (primary N) is 1. The number of rotatable bonds is 7. The molecule has 240 valence electrons. The number of hydrogen-bond acceptors (Lipinski definition) is 9. The molecule has 1 atom stereocenters. The van der Waals surface area contributed by atoms with Gasteiger partial charge in [0.1, 0.15) is 11.8 Å². The van der Waals surface area contributed by atoms with Gasteiger partial charge in [-0.3, -0.25) is 29.5 Å². The number of piperidine rings is 2. The van der Waals surface area contributed by atoms with Crippen LogP contribution in [0.2, 0.25) is 0 Å². The Morgan fingerprint density at radius 3 is 2.27 bits per heavy atom. The van der Waals surface area contributed by atoms with Crippen LogP contribution >= 0.6 is 0 Å². The Balaban J connectivity index is 0.906. The van der Waals surface area contributed by atoms with E-state index in [1.54, 1.807) is 12.0 Å². The summed E-state index contributed by atoms with van der Waals surface area (Å²) in [6.45, 7) is 11.0. The zero-order chi connectivity index (χ0) is 31.2. The molecule has 0 spiro atoms. The molecule has 5 heterocycles. The minimum atomic E-state index is -0.585. The smallest absolute Gasteiger partial charge is 0.255 e. The van der Waals surface area contributed by atoms with Crippen LogP contribution in [0.1, 0.15) is 54.1 Å². The topological polar surface area (TPSA) is 115 Å². The molecule has 11 heteroatoms. The predicted molar refractivity (Wildman–Crippen MR) is 174 cm³/mol. The van der Waals surface area contributed by atoms with Crippen molar-refractivity contribution in [2.24, 2.45) is 0 Å². The zero-order valence-corrected chi connectivity index (χ0v) is 26.5. The maximum Gasteiger partial charge on any atom is 0.255 e.